The summed E-state index contributed by atoms with van der Waals surface area (Å²) in [7, 11) is 0. The highest BCUT2D eigenvalue weighted by molar-refractivity contribution is 7.71. The fraction of sp³-hybridized carbons (Fsp3) is 0. The predicted octanol–water partition coefficient (Wildman–Crippen LogP) is 2.41. The molecule has 2 heterocycles. The molecule has 0 aliphatic heterocycles. The standard InChI is InChI=1S/C17H12ClN5O3S/c18-11-1-3-12(4-2-11)23-16(26)13(15(25)21-17(23)27)9-20-22-14(24)10-5-7-19-8-6-10/h1-9,26H,(H,22,24)(H,21,25,27)/b20-9+. The quantitative estimate of drug-likeness (QED) is 0.353. The van der Waals surface area contributed by atoms with E-state index < -0.39 is 17.3 Å². The molecule has 0 saturated carbocycles. The maximum atomic E-state index is 12.1. The Morgan fingerprint density at radius 1 is 1.26 bits per heavy atom. The molecule has 0 unspecified atom stereocenters. The Balaban J connectivity index is 1.93. The minimum atomic E-state index is -0.648. The molecule has 0 radical (unpaired) electrons. The predicted molar refractivity (Wildman–Crippen MR) is 103 cm³/mol. The van der Waals surface area contributed by atoms with Gasteiger partial charge in [-0.25, -0.2) is 5.43 Å². The van der Waals surface area contributed by atoms with Crippen LogP contribution in [0.15, 0.2) is 58.7 Å². The number of nitrogens with zero attached hydrogens (tertiary/aromatic N) is 3. The zero-order valence-electron chi connectivity index (χ0n) is 13.6. The number of hydrogen-bond acceptors (Lipinski definition) is 6. The second-order valence-corrected chi connectivity index (χ2v) is 6.07. The normalized spacial score (nSPS) is 10.9. The van der Waals surface area contributed by atoms with Gasteiger partial charge in [-0.3, -0.25) is 24.1 Å². The SMILES string of the molecule is O=C(N/N=C/c1c(O)n(-c2ccc(Cl)cc2)c(=S)[nH]c1=O)c1ccncc1. The van der Waals surface area contributed by atoms with Crippen molar-refractivity contribution in [2.75, 3.05) is 0 Å². The molecule has 3 rings (SSSR count). The van der Waals surface area contributed by atoms with Crippen LogP contribution >= 0.6 is 23.8 Å². The highest BCUT2D eigenvalue weighted by Gasteiger charge is 2.13. The largest absolute Gasteiger partial charge is 0.494 e. The summed E-state index contributed by atoms with van der Waals surface area (Å²) in [4.78, 5) is 30.3. The van der Waals surface area contributed by atoms with Gasteiger partial charge in [0.15, 0.2) is 4.77 Å². The number of aromatic nitrogens is 3. The summed E-state index contributed by atoms with van der Waals surface area (Å²) < 4.78 is 1.25. The van der Waals surface area contributed by atoms with E-state index in [0.29, 0.717) is 16.3 Å². The first-order chi connectivity index (χ1) is 13.0. The van der Waals surface area contributed by atoms with Gasteiger partial charge in [-0.1, -0.05) is 11.6 Å². The van der Waals surface area contributed by atoms with E-state index in [1.165, 1.54) is 29.1 Å². The fourth-order valence-corrected chi connectivity index (χ4v) is 2.62. The molecular weight excluding hydrogens is 390 g/mol. The molecule has 2 aromatic heterocycles. The van der Waals surface area contributed by atoms with Crippen molar-refractivity contribution in [2.45, 2.75) is 0 Å². The third-order valence-electron chi connectivity index (χ3n) is 3.51. The zero-order chi connectivity index (χ0) is 19.4. The molecule has 27 heavy (non-hydrogen) atoms. The monoisotopic (exact) mass is 401 g/mol. The minimum Gasteiger partial charge on any atom is -0.494 e. The fourth-order valence-electron chi connectivity index (χ4n) is 2.21. The number of benzene rings is 1. The van der Waals surface area contributed by atoms with Crippen LogP contribution in [0.2, 0.25) is 5.02 Å². The molecule has 8 nitrogen and oxygen atoms in total. The minimum absolute atomic E-state index is 0.00204. The van der Waals surface area contributed by atoms with Gasteiger partial charge in [0, 0.05) is 23.0 Å². The number of carbonyl (C=O) groups excluding carboxylic acids is 1. The van der Waals surface area contributed by atoms with Crippen molar-refractivity contribution in [3.05, 3.63) is 80.1 Å². The average Bonchev–Trinajstić information content (AvgIpc) is 2.66. The zero-order valence-corrected chi connectivity index (χ0v) is 15.2. The van der Waals surface area contributed by atoms with Crippen LogP contribution in [-0.4, -0.2) is 31.8 Å². The molecule has 0 fully saturated rings. The van der Waals surface area contributed by atoms with Gasteiger partial charge in [0.05, 0.1) is 11.9 Å². The van der Waals surface area contributed by atoms with Crippen LogP contribution in [-0.2, 0) is 0 Å². The highest BCUT2D eigenvalue weighted by atomic mass is 35.5. The summed E-state index contributed by atoms with van der Waals surface area (Å²) in [5, 5.41) is 14.7. The Morgan fingerprint density at radius 3 is 2.59 bits per heavy atom. The number of pyridine rings is 1. The molecule has 0 aliphatic rings. The highest BCUT2D eigenvalue weighted by Crippen LogP contribution is 2.20. The maximum absolute atomic E-state index is 12.1. The van der Waals surface area contributed by atoms with Gasteiger partial charge in [-0.05, 0) is 48.6 Å². The van der Waals surface area contributed by atoms with E-state index in [-0.39, 0.29) is 10.3 Å². The lowest BCUT2D eigenvalue weighted by molar-refractivity contribution is 0.0955. The first kappa shape index (κ1) is 18.5. The molecule has 0 aliphatic carbocycles. The second kappa shape index (κ2) is 7.94. The van der Waals surface area contributed by atoms with Crippen molar-refractivity contribution < 1.29 is 9.90 Å². The van der Waals surface area contributed by atoms with E-state index in [1.807, 2.05) is 0 Å². The van der Waals surface area contributed by atoms with Gasteiger partial charge in [0.25, 0.3) is 11.5 Å². The van der Waals surface area contributed by atoms with Gasteiger partial charge in [0.1, 0.15) is 5.56 Å². The first-order valence-electron chi connectivity index (χ1n) is 7.55. The lowest BCUT2D eigenvalue weighted by atomic mass is 10.2. The maximum Gasteiger partial charge on any atom is 0.271 e. The number of nitrogens with one attached hydrogen (secondary N) is 2. The van der Waals surface area contributed by atoms with E-state index in [9.17, 15) is 14.7 Å². The number of H-pyrrole nitrogens is 1. The van der Waals surface area contributed by atoms with E-state index >= 15 is 0 Å². The van der Waals surface area contributed by atoms with Crippen molar-refractivity contribution in [1.82, 2.24) is 20.0 Å². The molecule has 136 valence electrons. The number of carbonyl (C=O) groups is 1. The van der Waals surface area contributed by atoms with Gasteiger partial charge >= 0.3 is 0 Å². The molecule has 0 saturated heterocycles. The summed E-state index contributed by atoms with van der Waals surface area (Å²) in [5.41, 5.74) is 2.29. The number of amides is 1. The summed E-state index contributed by atoms with van der Waals surface area (Å²) in [6.07, 6.45) is 3.97. The molecule has 10 heteroatoms. The average molecular weight is 402 g/mol. The number of halogens is 1. The molecule has 3 aromatic rings. The van der Waals surface area contributed by atoms with Crippen LogP contribution in [0.3, 0.4) is 0 Å². The number of rotatable bonds is 4. The van der Waals surface area contributed by atoms with Crippen LogP contribution in [0.25, 0.3) is 5.69 Å². The molecular formula is C17H12ClN5O3S. The van der Waals surface area contributed by atoms with Crippen molar-refractivity contribution in [2.24, 2.45) is 5.10 Å². The Bertz CT molecular complexity index is 1120. The lowest BCUT2D eigenvalue weighted by Crippen LogP contribution is -2.21. The number of hydrogen-bond donors (Lipinski definition) is 3. The Kier molecular flexibility index (Phi) is 5.43. The van der Waals surface area contributed by atoms with Crippen molar-refractivity contribution >= 4 is 35.9 Å². The Labute approximate surface area is 162 Å². The number of hydrazone groups is 1. The molecule has 1 aromatic carbocycles. The van der Waals surface area contributed by atoms with E-state index in [0.717, 1.165) is 6.21 Å². The third kappa shape index (κ3) is 4.10. The first-order valence-corrected chi connectivity index (χ1v) is 8.33. The van der Waals surface area contributed by atoms with Crippen LogP contribution in [0.5, 0.6) is 5.88 Å². The van der Waals surface area contributed by atoms with E-state index in [4.69, 9.17) is 23.8 Å². The Morgan fingerprint density at radius 2 is 1.93 bits per heavy atom. The van der Waals surface area contributed by atoms with E-state index in [2.05, 4.69) is 20.5 Å². The van der Waals surface area contributed by atoms with Crippen molar-refractivity contribution in [3.8, 4) is 11.6 Å². The second-order valence-electron chi connectivity index (χ2n) is 5.24. The Hall–Kier alpha value is -3.30. The molecule has 3 N–H and O–H groups in total. The van der Waals surface area contributed by atoms with Gasteiger partial charge in [-0.2, -0.15) is 5.10 Å². The smallest absolute Gasteiger partial charge is 0.271 e. The van der Waals surface area contributed by atoms with Gasteiger partial charge < -0.3 is 5.11 Å². The molecule has 0 spiro atoms. The van der Waals surface area contributed by atoms with Crippen LogP contribution in [0.1, 0.15) is 15.9 Å². The van der Waals surface area contributed by atoms with Crippen LogP contribution in [0.4, 0.5) is 0 Å². The summed E-state index contributed by atoms with van der Waals surface area (Å²) in [6, 6.07) is 9.51. The third-order valence-corrected chi connectivity index (χ3v) is 4.04. The number of aromatic amines is 1. The summed E-state index contributed by atoms with van der Waals surface area (Å²) in [6.45, 7) is 0. The summed E-state index contributed by atoms with van der Waals surface area (Å²) >= 11 is 11.0. The molecule has 0 atom stereocenters. The van der Waals surface area contributed by atoms with Crippen molar-refractivity contribution in [3.63, 3.8) is 0 Å². The lowest BCUT2D eigenvalue weighted by Gasteiger charge is -2.11. The summed E-state index contributed by atoms with van der Waals surface area (Å²) in [5.74, 6) is -0.914. The number of aromatic hydroxyl groups is 1. The van der Waals surface area contributed by atoms with Gasteiger partial charge in [-0.15, -0.1) is 0 Å². The van der Waals surface area contributed by atoms with Crippen LogP contribution in [0, 0.1) is 4.77 Å². The van der Waals surface area contributed by atoms with Crippen LogP contribution < -0.4 is 11.0 Å². The van der Waals surface area contributed by atoms with Crippen molar-refractivity contribution in [1.29, 1.82) is 0 Å². The molecule has 0 bridgehead atoms. The van der Waals surface area contributed by atoms with E-state index in [1.54, 1.807) is 24.3 Å². The van der Waals surface area contributed by atoms with Gasteiger partial charge in [0.2, 0.25) is 5.88 Å². The topological polar surface area (TPSA) is 112 Å². The molecule has 1 amide bonds.